The molecule has 2 N–H and O–H groups in total. The molecule has 162 valence electrons. The van der Waals surface area contributed by atoms with Crippen LogP contribution in [0.25, 0.3) is 16.9 Å². The molecular weight excluding hydrogens is 410 g/mol. The van der Waals surface area contributed by atoms with E-state index in [0.29, 0.717) is 6.61 Å². The lowest BCUT2D eigenvalue weighted by Crippen LogP contribution is -2.29. The molecule has 0 bridgehead atoms. The number of nitrogens with one attached hydrogen (secondary N) is 2. The highest BCUT2D eigenvalue weighted by Gasteiger charge is 2.18. The molecule has 0 saturated carbocycles. The van der Waals surface area contributed by atoms with Gasteiger partial charge in [0.05, 0.1) is 35.4 Å². The highest BCUT2D eigenvalue weighted by atomic mass is 32.1. The molecule has 0 amide bonds. The lowest BCUT2D eigenvalue weighted by atomic mass is 10.1. The number of hydrogen-bond acceptors (Lipinski definition) is 7. The number of imidazole rings is 1. The number of aromatic nitrogens is 5. The molecule has 5 heterocycles. The van der Waals surface area contributed by atoms with Crippen molar-refractivity contribution in [2.24, 2.45) is 0 Å². The molecule has 4 aromatic heterocycles. The van der Waals surface area contributed by atoms with Crippen LogP contribution in [0.3, 0.4) is 0 Å². The Morgan fingerprint density at radius 3 is 2.87 bits per heavy atom. The van der Waals surface area contributed by atoms with Crippen LogP contribution in [-0.4, -0.2) is 49.7 Å². The topological polar surface area (TPSA) is 83.4 Å². The quantitative estimate of drug-likeness (QED) is 0.447. The smallest absolute Gasteiger partial charge is 0.180 e. The molecule has 4 aromatic rings. The Kier molecular flexibility index (Phi) is 5.71. The Hall–Kier alpha value is -2.75. The number of fused-ring (bicyclic) bond motifs is 1. The van der Waals surface area contributed by atoms with Crippen LogP contribution < -0.4 is 5.32 Å². The minimum absolute atomic E-state index is 0.617. The zero-order chi connectivity index (χ0) is 21.2. The first-order valence-electron chi connectivity index (χ1n) is 10.6. The van der Waals surface area contributed by atoms with Gasteiger partial charge in [-0.25, -0.2) is 9.97 Å². The Labute approximate surface area is 185 Å². The monoisotopic (exact) mass is 437 g/mol. The second-order valence-electron chi connectivity index (χ2n) is 8.01. The number of ether oxygens (including phenoxy) is 1. The molecule has 0 aromatic carbocycles. The van der Waals surface area contributed by atoms with Gasteiger partial charge in [0, 0.05) is 36.5 Å². The van der Waals surface area contributed by atoms with E-state index in [0.717, 1.165) is 40.0 Å². The average molecular weight is 438 g/mol. The minimum Gasteiger partial charge on any atom is -0.380 e. The fourth-order valence-electron chi connectivity index (χ4n) is 4.17. The summed E-state index contributed by atoms with van der Waals surface area (Å²) in [6, 6.07) is 2.19. The average Bonchev–Trinajstić information content (AvgIpc) is 3.50. The standard InChI is InChI=1S/C22H27N7OS/c1-15-12-29-18(17-9-24-25-10-17)11-23-22(29)21(26-15)27-20-8-16(14-30-2)19(31-20)13-28-6-4-3-5-7-28/h8-12H,3-7,13-14H2,1-2H3,(H,24,25)(H,26,27). The number of nitrogens with zero attached hydrogens (tertiary/aromatic N) is 5. The van der Waals surface area contributed by atoms with Crippen molar-refractivity contribution in [3.8, 4) is 11.3 Å². The SMILES string of the molecule is COCc1cc(Nc2nc(C)cn3c(-c4cn[nH]c4)cnc23)sc1CN1CCCCC1. The third-order valence-corrected chi connectivity index (χ3v) is 6.74. The molecule has 1 aliphatic rings. The summed E-state index contributed by atoms with van der Waals surface area (Å²) in [7, 11) is 1.75. The van der Waals surface area contributed by atoms with Crippen LogP contribution in [0.1, 0.15) is 35.4 Å². The number of hydrogen-bond donors (Lipinski definition) is 2. The van der Waals surface area contributed by atoms with Gasteiger partial charge in [-0.05, 0) is 44.5 Å². The van der Waals surface area contributed by atoms with Crippen LogP contribution in [0.5, 0.6) is 0 Å². The molecule has 5 rings (SSSR count). The van der Waals surface area contributed by atoms with E-state index in [9.17, 15) is 0 Å². The molecular formula is C22H27N7OS. The predicted molar refractivity (Wildman–Crippen MR) is 123 cm³/mol. The first kappa shape index (κ1) is 20.2. The van der Waals surface area contributed by atoms with E-state index >= 15 is 0 Å². The maximum absolute atomic E-state index is 5.47. The molecule has 8 nitrogen and oxygen atoms in total. The van der Waals surface area contributed by atoms with Crippen molar-refractivity contribution in [1.82, 2.24) is 29.5 Å². The number of thiophene rings is 1. The lowest BCUT2D eigenvalue weighted by Gasteiger charge is -2.26. The number of rotatable bonds is 7. The van der Waals surface area contributed by atoms with E-state index in [1.165, 1.54) is 42.8 Å². The molecule has 0 atom stereocenters. The molecule has 1 fully saturated rings. The second-order valence-corrected chi connectivity index (χ2v) is 9.15. The number of piperidine rings is 1. The summed E-state index contributed by atoms with van der Waals surface area (Å²) in [4.78, 5) is 13.3. The number of H-pyrrole nitrogens is 1. The van der Waals surface area contributed by atoms with Gasteiger partial charge >= 0.3 is 0 Å². The van der Waals surface area contributed by atoms with E-state index in [1.807, 2.05) is 25.5 Å². The lowest BCUT2D eigenvalue weighted by molar-refractivity contribution is 0.181. The van der Waals surface area contributed by atoms with Crippen molar-refractivity contribution in [3.05, 3.63) is 47.0 Å². The summed E-state index contributed by atoms with van der Waals surface area (Å²) in [6.45, 7) is 5.95. The van der Waals surface area contributed by atoms with Crippen molar-refractivity contribution < 1.29 is 4.74 Å². The highest BCUT2D eigenvalue weighted by Crippen LogP contribution is 2.33. The highest BCUT2D eigenvalue weighted by molar-refractivity contribution is 7.16. The third-order valence-electron chi connectivity index (χ3n) is 5.66. The first-order chi connectivity index (χ1) is 15.2. The summed E-state index contributed by atoms with van der Waals surface area (Å²) < 4.78 is 7.54. The van der Waals surface area contributed by atoms with Gasteiger partial charge < -0.3 is 10.1 Å². The number of anilines is 2. The zero-order valence-corrected chi connectivity index (χ0v) is 18.7. The van der Waals surface area contributed by atoms with Crippen LogP contribution in [0, 0.1) is 6.92 Å². The van der Waals surface area contributed by atoms with Crippen LogP contribution in [0.15, 0.2) is 30.9 Å². The Morgan fingerprint density at radius 1 is 1.23 bits per heavy atom. The van der Waals surface area contributed by atoms with Crippen LogP contribution in [0.2, 0.25) is 0 Å². The number of methoxy groups -OCH3 is 1. The van der Waals surface area contributed by atoms with Gasteiger partial charge in [-0.3, -0.25) is 14.4 Å². The summed E-state index contributed by atoms with van der Waals surface area (Å²) in [5, 5.41) is 11.5. The van der Waals surface area contributed by atoms with Crippen LogP contribution in [-0.2, 0) is 17.9 Å². The summed E-state index contributed by atoms with van der Waals surface area (Å²) >= 11 is 1.78. The summed E-state index contributed by atoms with van der Waals surface area (Å²) in [5.41, 5.74) is 4.92. The Morgan fingerprint density at radius 2 is 2.10 bits per heavy atom. The number of likely N-dealkylation sites (tertiary alicyclic amines) is 1. The van der Waals surface area contributed by atoms with E-state index in [2.05, 4.69) is 35.9 Å². The maximum atomic E-state index is 5.47. The van der Waals surface area contributed by atoms with E-state index in [-0.39, 0.29) is 0 Å². The largest absolute Gasteiger partial charge is 0.380 e. The van der Waals surface area contributed by atoms with E-state index in [4.69, 9.17) is 9.72 Å². The van der Waals surface area contributed by atoms with Gasteiger partial charge in [0.15, 0.2) is 11.5 Å². The molecule has 1 aliphatic heterocycles. The number of aromatic amines is 1. The molecule has 1 saturated heterocycles. The fourth-order valence-corrected chi connectivity index (χ4v) is 5.28. The second kappa shape index (κ2) is 8.78. The zero-order valence-electron chi connectivity index (χ0n) is 17.9. The van der Waals surface area contributed by atoms with Gasteiger partial charge in [0.1, 0.15) is 0 Å². The van der Waals surface area contributed by atoms with Crippen molar-refractivity contribution in [2.75, 3.05) is 25.5 Å². The Bertz CT molecular complexity index is 1160. The molecule has 0 unspecified atom stereocenters. The van der Waals surface area contributed by atoms with Crippen LogP contribution in [0.4, 0.5) is 10.8 Å². The van der Waals surface area contributed by atoms with Crippen molar-refractivity contribution in [3.63, 3.8) is 0 Å². The molecule has 9 heteroatoms. The van der Waals surface area contributed by atoms with Gasteiger partial charge in [0.2, 0.25) is 0 Å². The fraction of sp³-hybridized carbons (Fsp3) is 0.409. The van der Waals surface area contributed by atoms with Crippen LogP contribution >= 0.6 is 11.3 Å². The summed E-state index contributed by atoms with van der Waals surface area (Å²) in [5.74, 6) is 0.754. The first-order valence-corrected chi connectivity index (χ1v) is 11.5. The van der Waals surface area contributed by atoms with E-state index < -0.39 is 0 Å². The van der Waals surface area contributed by atoms with Gasteiger partial charge in [-0.15, -0.1) is 11.3 Å². The molecule has 0 spiro atoms. The van der Waals surface area contributed by atoms with Gasteiger partial charge in [0.25, 0.3) is 0 Å². The van der Waals surface area contributed by atoms with Crippen molar-refractivity contribution in [2.45, 2.75) is 39.3 Å². The Balaban J connectivity index is 1.46. The van der Waals surface area contributed by atoms with Crippen molar-refractivity contribution >= 4 is 27.8 Å². The normalized spacial score (nSPS) is 15.0. The van der Waals surface area contributed by atoms with Crippen molar-refractivity contribution in [1.29, 1.82) is 0 Å². The molecule has 31 heavy (non-hydrogen) atoms. The maximum Gasteiger partial charge on any atom is 0.180 e. The van der Waals surface area contributed by atoms with Gasteiger partial charge in [-0.2, -0.15) is 5.10 Å². The number of aryl methyl sites for hydroxylation is 1. The predicted octanol–water partition coefficient (Wildman–Crippen LogP) is 4.37. The van der Waals surface area contributed by atoms with E-state index in [1.54, 1.807) is 24.6 Å². The van der Waals surface area contributed by atoms with Gasteiger partial charge in [-0.1, -0.05) is 6.42 Å². The molecule has 0 radical (unpaired) electrons. The molecule has 0 aliphatic carbocycles. The minimum atomic E-state index is 0.617. The summed E-state index contributed by atoms with van der Waals surface area (Å²) in [6.07, 6.45) is 11.5. The third kappa shape index (κ3) is 4.21.